The molecule has 0 saturated carbocycles. The highest BCUT2D eigenvalue weighted by Gasteiger charge is 2.14. The molecule has 0 saturated heterocycles. The highest BCUT2D eigenvalue weighted by molar-refractivity contribution is 6.33. The number of carbonyl (C=O) groups is 1. The van der Waals surface area contributed by atoms with E-state index in [0.29, 0.717) is 5.69 Å². The summed E-state index contributed by atoms with van der Waals surface area (Å²) in [7, 11) is 1.53. The molecule has 1 unspecified atom stereocenters. The van der Waals surface area contributed by atoms with Crippen LogP contribution in [0.4, 0.5) is 5.69 Å². The lowest BCUT2D eigenvalue weighted by Crippen LogP contribution is -2.36. The van der Waals surface area contributed by atoms with Gasteiger partial charge in [-0.25, -0.2) is 4.68 Å². The standard InChI is InChI=1S/C11H15ClN4O2/c1-4-5-16-11(18)9(12)8(6-14-16)15-7(2)10(17)13-3/h4,6-7,15H,1,5H2,2-3H3,(H,13,17). The van der Waals surface area contributed by atoms with Gasteiger partial charge in [0.25, 0.3) is 5.56 Å². The molecule has 2 N–H and O–H groups in total. The van der Waals surface area contributed by atoms with Gasteiger partial charge in [-0.1, -0.05) is 17.7 Å². The topological polar surface area (TPSA) is 76.0 Å². The molecule has 18 heavy (non-hydrogen) atoms. The average Bonchev–Trinajstić information content (AvgIpc) is 2.37. The summed E-state index contributed by atoms with van der Waals surface area (Å²) in [4.78, 5) is 23.1. The molecular weight excluding hydrogens is 256 g/mol. The van der Waals surface area contributed by atoms with Gasteiger partial charge in [0.15, 0.2) is 0 Å². The molecule has 0 bridgehead atoms. The van der Waals surface area contributed by atoms with E-state index in [-0.39, 0.29) is 17.5 Å². The first-order chi connectivity index (χ1) is 8.51. The maximum absolute atomic E-state index is 11.8. The minimum atomic E-state index is -0.510. The Kier molecular flexibility index (Phi) is 4.91. The SMILES string of the molecule is C=CCn1ncc(NC(C)C(=O)NC)c(Cl)c1=O. The molecule has 0 aromatic carbocycles. The van der Waals surface area contributed by atoms with E-state index in [1.807, 2.05) is 0 Å². The molecule has 1 amide bonds. The molecule has 1 atom stereocenters. The number of rotatable bonds is 5. The summed E-state index contributed by atoms with van der Waals surface area (Å²) in [5, 5.41) is 9.24. The number of amides is 1. The van der Waals surface area contributed by atoms with E-state index in [2.05, 4.69) is 22.3 Å². The largest absolute Gasteiger partial charge is 0.371 e. The molecule has 0 spiro atoms. The van der Waals surface area contributed by atoms with E-state index >= 15 is 0 Å². The smallest absolute Gasteiger partial charge is 0.287 e. The fraction of sp³-hybridized carbons (Fsp3) is 0.364. The molecule has 0 radical (unpaired) electrons. The Balaban J connectivity index is 2.99. The quantitative estimate of drug-likeness (QED) is 0.770. The maximum Gasteiger partial charge on any atom is 0.287 e. The van der Waals surface area contributed by atoms with Crippen molar-refractivity contribution in [2.45, 2.75) is 19.5 Å². The Morgan fingerprint density at radius 3 is 2.94 bits per heavy atom. The van der Waals surface area contributed by atoms with Crippen LogP contribution in [-0.2, 0) is 11.3 Å². The predicted molar refractivity (Wildman–Crippen MR) is 70.9 cm³/mol. The van der Waals surface area contributed by atoms with Crippen LogP contribution >= 0.6 is 11.6 Å². The molecule has 7 heteroatoms. The van der Waals surface area contributed by atoms with Crippen LogP contribution in [0.1, 0.15) is 6.92 Å². The van der Waals surface area contributed by atoms with Gasteiger partial charge in [0.1, 0.15) is 11.1 Å². The van der Waals surface area contributed by atoms with Crippen molar-refractivity contribution >= 4 is 23.2 Å². The van der Waals surface area contributed by atoms with Crippen molar-refractivity contribution in [3.63, 3.8) is 0 Å². The Bertz CT molecular complexity index is 512. The van der Waals surface area contributed by atoms with Crippen LogP contribution in [0.25, 0.3) is 0 Å². The average molecular weight is 271 g/mol. The second-order valence-corrected chi connectivity index (χ2v) is 4.01. The van der Waals surface area contributed by atoms with Crippen LogP contribution in [-0.4, -0.2) is 28.8 Å². The Morgan fingerprint density at radius 1 is 1.72 bits per heavy atom. The fourth-order valence-corrected chi connectivity index (χ4v) is 1.53. The molecule has 0 aliphatic heterocycles. The van der Waals surface area contributed by atoms with Crippen molar-refractivity contribution < 1.29 is 4.79 Å². The number of hydrogen-bond acceptors (Lipinski definition) is 4. The van der Waals surface area contributed by atoms with Gasteiger partial charge < -0.3 is 10.6 Å². The summed E-state index contributed by atoms with van der Waals surface area (Å²) in [6, 6.07) is -0.510. The van der Waals surface area contributed by atoms with Gasteiger partial charge >= 0.3 is 0 Å². The molecular formula is C11H15ClN4O2. The van der Waals surface area contributed by atoms with Gasteiger partial charge in [-0.3, -0.25) is 9.59 Å². The first-order valence-electron chi connectivity index (χ1n) is 5.36. The van der Waals surface area contributed by atoms with Crippen molar-refractivity contribution in [3.8, 4) is 0 Å². The van der Waals surface area contributed by atoms with E-state index in [1.54, 1.807) is 13.0 Å². The Morgan fingerprint density at radius 2 is 2.39 bits per heavy atom. The molecule has 1 heterocycles. The minimum Gasteiger partial charge on any atom is -0.371 e. The second-order valence-electron chi connectivity index (χ2n) is 3.63. The predicted octanol–water partition coefficient (Wildman–Crippen LogP) is 0.629. The maximum atomic E-state index is 11.8. The van der Waals surface area contributed by atoms with E-state index in [9.17, 15) is 9.59 Å². The number of carbonyl (C=O) groups excluding carboxylic acids is 1. The number of nitrogens with zero attached hydrogens (tertiary/aromatic N) is 2. The first kappa shape index (κ1) is 14.2. The molecule has 6 nitrogen and oxygen atoms in total. The van der Waals surface area contributed by atoms with Gasteiger partial charge in [0.05, 0.1) is 18.4 Å². The third-order valence-corrected chi connectivity index (χ3v) is 2.66. The van der Waals surface area contributed by atoms with Crippen LogP contribution in [0.15, 0.2) is 23.6 Å². The molecule has 0 fully saturated rings. The van der Waals surface area contributed by atoms with Gasteiger partial charge in [0, 0.05) is 7.05 Å². The summed E-state index contributed by atoms with van der Waals surface area (Å²) in [5.74, 6) is -0.207. The van der Waals surface area contributed by atoms with Crippen molar-refractivity contribution in [2.75, 3.05) is 12.4 Å². The number of halogens is 1. The highest BCUT2D eigenvalue weighted by atomic mass is 35.5. The van der Waals surface area contributed by atoms with Crippen LogP contribution in [0.5, 0.6) is 0 Å². The lowest BCUT2D eigenvalue weighted by Gasteiger charge is -2.14. The lowest BCUT2D eigenvalue weighted by molar-refractivity contribution is -0.121. The van der Waals surface area contributed by atoms with Crippen molar-refractivity contribution in [1.82, 2.24) is 15.1 Å². The molecule has 1 rings (SSSR count). The number of allylic oxidation sites excluding steroid dienone is 1. The minimum absolute atomic E-state index is 0.00241. The van der Waals surface area contributed by atoms with Crippen LogP contribution in [0.2, 0.25) is 5.02 Å². The summed E-state index contributed by atoms with van der Waals surface area (Å²) in [6.07, 6.45) is 2.96. The molecule has 0 aliphatic carbocycles. The Labute approximate surface area is 110 Å². The summed E-state index contributed by atoms with van der Waals surface area (Å²) >= 11 is 5.92. The summed E-state index contributed by atoms with van der Waals surface area (Å²) < 4.78 is 1.19. The second kappa shape index (κ2) is 6.20. The number of aromatic nitrogens is 2. The number of anilines is 1. The van der Waals surface area contributed by atoms with Gasteiger partial charge in [-0.15, -0.1) is 6.58 Å². The Hall–Kier alpha value is -1.82. The van der Waals surface area contributed by atoms with E-state index in [0.717, 1.165) is 0 Å². The zero-order chi connectivity index (χ0) is 13.7. The van der Waals surface area contributed by atoms with Crippen LogP contribution in [0.3, 0.4) is 0 Å². The van der Waals surface area contributed by atoms with Gasteiger partial charge in [-0.2, -0.15) is 5.10 Å². The summed E-state index contributed by atoms with van der Waals surface area (Å²) in [5.41, 5.74) is -0.0937. The fourth-order valence-electron chi connectivity index (χ4n) is 1.33. The van der Waals surface area contributed by atoms with Crippen molar-refractivity contribution in [3.05, 3.63) is 34.2 Å². The number of nitrogens with one attached hydrogen (secondary N) is 2. The monoisotopic (exact) mass is 270 g/mol. The highest BCUT2D eigenvalue weighted by Crippen LogP contribution is 2.16. The number of hydrogen-bond donors (Lipinski definition) is 2. The molecule has 1 aromatic heterocycles. The molecule has 0 aliphatic rings. The third kappa shape index (κ3) is 3.10. The van der Waals surface area contributed by atoms with Crippen LogP contribution in [0, 0.1) is 0 Å². The summed E-state index contributed by atoms with van der Waals surface area (Å²) in [6.45, 7) is 5.46. The third-order valence-electron chi connectivity index (χ3n) is 2.30. The zero-order valence-corrected chi connectivity index (χ0v) is 11.0. The lowest BCUT2D eigenvalue weighted by atomic mass is 10.3. The number of likely N-dealkylation sites (N-methyl/N-ethyl adjacent to an activating group) is 1. The molecule has 1 aromatic rings. The van der Waals surface area contributed by atoms with Crippen LogP contribution < -0.4 is 16.2 Å². The van der Waals surface area contributed by atoms with Gasteiger partial charge in [-0.05, 0) is 6.92 Å². The van der Waals surface area contributed by atoms with Crippen molar-refractivity contribution in [1.29, 1.82) is 0 Å². The van der Waals surface area contributed by atoms with Crippen molar-refractivity contribution in [2.24, 2.45) is 0 Å². The van der Waals surface area contributed by atoms with E-state index in [4.69, 9.17) is 11.6 Å². The molecule has 98 valence electrons. The zero-order valence-electron chi connectivity index (χ0n) is 10.2. The van der Waals surface area contributed by atoms with E-state index < -0.39 is 11.6 Å². The van der Waals surface area contributed by atoms with Gasteiger partial charge in [0.2, 0.25) is 5.91 Å². The first-order valence-corrected chi connectivity index (χ1v) is 5.73. The van der Waals surface area contributed by atoms with E-state index in [1.165, 1.54) is 17.9 Å². The normalized spacial score (nSPS) is 11.7.